The molecule has 1 saturated heterocycles. The van der Waals surface area contributed by atoms with Gasteiger partial charge >= 0.3 is 6.03 Å². The number of nitrogens with zero attached hydrogens (tertiary/aromatic N) is 1. The lowest BCUT2D eigenvalue weighted by Gasteiger charge is -2.46. The van der Waals surface area contributed by atoms with Crippen LogP contribution in [0.3, 0.4) is 0 Å². The van der Waals surface area contributed by atoms with E-state index in [1.807, 2.05) is 13.8 Å². The van der Waals surface area contributed by atoms with Crippen LogP contribution < -0.4 is 5.73 Å². The summed E-state index contributed by atoms with van der Waals surface area (Å²) in [6, 6.07) is -0.441. The van der Waals surface area contributed by atoms with Crippen molar-refractivity contribution in [3.8, 4) is 0 Å². The summed E-state index contributed by atoms with van der Waals surface area (Å²) >= 11 is 0. The summed E-state index contributed by atoms with van der Waals surface area (Å²) in [5.41, 5.74) is 4.35. The van der Waals surface area contributed by atoms with Crippen LogP contribution in [0, 0.1) is 5.92 Å². The maximum absolute atomic E-state index is 10.6. The molecule has 0 aromatic carbocycles. The molecule has 0 aromatic heterocycles. The second-order valence-corrected chi connectivity index (χ2v) is 4.02. The predicted molar refractivity (Wildman–Crippen MR) is 45.6 cm³/mol. The number of hydrogen-bond donors (Lipinski definition) is 2. The van der Waals surface area contributed by atoms with Crippen molar-refractivity contribution in [1.29, 1.82) is 0 Å². The van der Waals surface area contributed by atoms with Crippen LogP contribution in [0.5, 0.6) is 0 Å². The Morgan fingerprint density at radius 3 is 2.50 bits per heavy atom. The normalized spacial score (nSPS) is 20.8. The predicted octanol–water partition coefficient (Wildman–Crippen LogP) is 0.158. The minimum atomic E-state index is -0.677. The first-order chi connectivity index (χ1) is 5.43. The molecule has 0 aliphatic carbocycles. The Morgan fingerprint density at radius 1 is 1.67 bits per heavy atom. The molecule has 0 atom stereocenters. The number of likely N-dealkylation sites (tertiary alicyclic amines) is 1. The molecule has 12 heavy (non-hydrogen) atoms. The Balaban J connectivity index is 2.35. The first-order valence-corrected chi connectivity index (χ1v) is 4.20. The number of β-amino-alcohol motifs (C(OH)–C–C–N with tert-alkyl or cyclic N) is 1. The van der Waals surface area contributed by atoms with Crippen molar-refractivity contribution < 1.29 is 9.90 Å². The van der Waals surface area contributed by atoms with Gasteiger partial charge in [-0.25, -0.2) is 4.79 Å². The fourth-order valence-electron chi connectivity index (χ4n) is 1.71. The third-order valence-electron chi connectivity index (χ3n) is 2.07. The van der Waals surface area contributed by atoms with Crippen LogP contribution in [-0.4, -0.2) is 34.7 Å². The molecule has 0 spiro atoms. The van der Waals surface area contributed by atoms with Gasteiger partial charge in [0.05, 0.1) is 13.1 Å². The van der Waals surface area contributed by atoms with Gasteiger partial charge in [-0.2, -0.15) is 0 Å². The van der Waals surface area contributed by atoms with Crippen molar-refractivity contribution in [3.63, 3.8) is 0 Å². The molecule has 4 nitrogen and oxygen atoms in total. The molecule has 1 aliphatic rings. The van der Waals surface area contributed by atoms with Crippen LogP contribution in [0.4, 0.5) is 4.79 Å². The van der Waals surface area contributed by atoms with E-state index < -0.39 is 11.6 Å². The van der Waals surface area contributed by atoms with Gasteiger partial charge in [-0.05, 0) is 12.3 Å². The molecule has 1 fully saturated rings. The molecule has 0 radical (unpaired) electrons. The van der Waals surface area contributed by atoms with Gasteiger partial charge in [-0.1, -0.05) is 13.8 Å². The summed E-state index contributed by atoms with van der Waals surface area (Å²) in [6.07, 6.45) is 0.733. The first kappa shape index (κ1) is 9.32. The fraction of sp³-hybridized carbons (Fsp3) is 0.875. The van der Waals surface area contributed by atoms with Gasteiger partial charge in [-0.15, -0.1) is 0 Å². The number of urea groups is 1. The van der Waals surface area contributed by atoms with Crippen LogP contribution in [-0.2, 0) is 0 Å². The van der Waals surface area contributed by atoms with Crippen molar-refractivity contribution in [2.45, 2.75) is 25.9 Å². The maximum atomic E-state index is 10.6. The Morgan fingerprint density at radius 2 is 2.17 bits per heavy atom. The van der Waals surface area contributed by atoms with E-state index in [4.69, 9.17) is 5.73 Å². The molecular formula is C8H16N2O2. The number of rotatable bonds is 2. The highest BCUT2D eigenvalue weighted by molar-refractivity contribution is 5.73. The topological polar surface area (TPSA) is 66.6 Å². The van der Waals surface area contributed by atoms with Gasteiger partial charge in [-0.3, -0.25) is 0 Å². The van der Waals surface area contributed by atoms with Crippen molar-refractivity contribution in [2.75, 3.05) is 13.1 Å². The van der Waals surface area contributed by atoms with Crippen molar-refractivity contribution in [2.24, 2.45) is 11.7 Å². The van der Waals surface area contributed by atoms with Gasteiger partial charge in [0.1, 0.15) is 5.60 Å². The SMILES string of the molecule is CC(C)CC1(O)CN(C(N)=O)C1. The Kier molecular flexibility index (Phi) is 2.28. The average molecular weight is 172 g/mol. The zero-order valence-corrected chi connectivity index (χ0v) is 7.58. The molecule has 70 valence electrons. The number of amides is 2. The van der Waals surface area contributed by atoms with Crippen LogP contribution in [0.1, 0.15) is 20.3 Å². The van der Waals surface area contributed by atoms with E-state index in [1.54, 1.807) is 0 Å². The minimum Gasteiger partial charge on any atom is -0.386 e. The number of hydrogen-bond acceptors (Lipinski definition) is 2. The third-order valence-corrected chi connectivity index (χ3v) is 2.07. The number of nitrogens with two attached hydrogens (primary N) is 1. The quantitative estimate of drug-likeness (QED) is 0.623. The molecule has 1 heterocycles. The van der Waals surface area contributed by atoms with Crippen LogP contribution in [0.25, 0.3) is 0 Å². The summed E-state index contributed by atoms with van der Waals surface area (Å²) < 4.78 is 0. The lowest BCUT2D eigenvalue weighted by Crippen LogP contribution is -2.65. The van der Waals surface area contributed by atoms with Crippen molar-refractivity contribution >= 4 is 6.03 Å². The molecule has 0 saturated carbocycles. The van der Waals surface area contributed by atoms with Crippen molar-refractivity contribution in [3.05, 3.63) is 0 Å². The summed E-state index contributed by atoms with van der Waals surface area (Å²) in [4.78, 5) is 12.0. The summed E-state index contributed by atoms with van der Waals surface area (Å²) in [6.45, 7) is 4.87. The van der Waals surface area contributed by atoms with E-state index in [2.05, 4.69) is 0 Å². The van der Waals surface area contributed by atoms with Gasteiger partial charge < -0.3 is 15.7 Å². The Hall–Kier alpha value is -0.770. The highest BCUT2D eigenvalue weighted by Crippen LogP contribution is 2.27. The van der Waals surface area contributed by atoms with Gasteiger partial charge in [0.25, 0.3) is 0 Å². The van der Waals surface area contributed by atoms with E-state index >= 15 is 0 Å². The number of primary amides is 1. The zero-order chi connectivity index (χ0) is 9.35. The van der Waals surface area contributed by atoms with E-state index in [9.17, 15) is 9.90 Å². The number of aliphatic hydroxyl groups is 1. The number of carbonyl (C=O) groups is 1. The van der Waals surface area contributed by atoms with E-state index in [0.29, 0.717) is 19.0 Å². The van der Waals surface area contributed by atoms with Crippen LogP contribution in [0.15, 0.2) is 0 Å². The van der Waals surface area contributed by atoms with Gasteiger partial charge in [0, 0.05) is 0 Å². The van der Waals surface area contributed by atoms with Crippen LogP contribution in [0.2, 0.25) is 0 Å². The van der Waals surface area contributed by atoms with Gasteiger partial charge in [0.2, 0.25) is 0 Å². The van der Waals surface area contributed by atoms with Crippen molar-refractivity contribution in [1.82, 2.24) is 4.90 Å². The summed E-state index contributed by atoms with van der Waals surface area (Å²) in [7, 11) is 0. The third kappa shape index (κ3) is 1.88. The lowest BCUT2D eigenvalue weighted by atomic mass is 9.86. The minimum absolute atomic E-state index is 0.389. The van der Waals surface area contributed by atoms with E-state index in [-0.39, 0.29) is 0 Å². The summed E-state index contributed by atoms with van der Waals surface area (Å²) in [5.74, 6) is 0.449. The van der Waals surface area contributed by atoms with Crippen LogP contribution >= 0.6 is 0 Å². The highest BCUT2D eigenvalue weighted by Gasteiger charge is 2.42. The Bertz CT molecular complexity index is 185. The van der Waals surface area contributed by atoms with Gasteiger partial charge in [0.15, 0.2) is 0 Å². The summed E-state index contributed by atoms with van der Waals surface area (Å²) in [5, 5.41) is 9.75. The zero-order valence-electron chi connectivity index (χ0n) is 7.58. The van der Waals surface area contributed by atoms with E-state index in [1.165, 1.54) is 4.90 Å². The lowest BCUT2D eigenvalue weighted by molar-refractivity contribution is -0.0868. The first-order valence-electron chi connectivity index (χ1n) is 4.20. The second-order valence-electron chi connectivity index (χ2n) is 4.02. The number of carbonyl (C=O) groups excluding carboxylic acids is 1. The molecule has 4 heteroatoms. The fourth-order valence-corrected chi connectivity index (χ4v) is 1.71. The molecule has 0 bridgehead atoms. The second kappa shape index (κ2) is 2.94. The van der Waals surface area contributed by atoms with E-state index in [0.717, 1.165) is 6.42 Å². The monoisotopic (exact) mass is 172 g/mol. The average Bonchev–Trinajstić information content (AvgIpc) is 1.80. The molecule has 2 amide bonds. The molecule has 1 aliphatic heterocycles. The standard InChI is InChI=1S/C8H16N2O2/c1-6(2)3-8(12)4-10(5-8)7(9)11/h6,12H,3-5H2,1-2H3,(H2,9,11). The highest BCUT2D eigenvalue weighted by atomic mass is 16.3. The molecule has 1 rings (SSSR count). The molecule has 0 unspecified atom stereocenters. The smallest absolute Gasteiger partial charge is 0.314 e. The largest absolute Gasteiger partial charge is 0.386 e. The maximum Gasteiger partial charge on any atom is 0.314 e. The molecule has 3 N–H and O–H groups in total. The molecule has 0 aromatic rings. The Labute approximate surface area is 72.3 Å². The molecular weight excluding hydrogens is 156 g/mol.